The third-order valence-corrected chi connectivity index (χ3v) is 11.6. The number of hydrogen-bond acceptors (Lipinski definition) is 8. The number of esters is 3. The molecular formula is C46H82O8. The molecule has 0 aliphatic carbocycles. The summed E-state index contributed by atoms with van der Waals surface area (Å²) in [5.74, 6) is 0.270. The van der Waals surface area contributed by atoms with Gasteiger partial charge in [-0.15, -0.1) is 0 Å². The Morgan fingerprint density at radius 3 is 1.57 bits per heavy atom. The van der Waals surface area contributed by atoms with E-state index in [2.05, 4.69) is 71.9 Å². The van der Waals surface area contributed by atoms with Crippen molar-refractivity contribution in [3.8, 4) is 0 Å². The topological polar surface area (TPSA) is 101 Å². The highest BCUT2D eigenvalue weighted by molar-refractivity contribution is 5.76. The Kier molecular flexibility index (Phi) is 23.8. The Hall–Kier alpha value is -2.45. The van der Waals surface area contributed by atoms with Gasteiger partial charge in [0.25, 0.3) is 0 Å². The number of benzene rings is 1. The normalized spacial score (nSPS) is 16.7. The molecule has 2 heterocycles. The van der Waals surface area contributed by atoms with E-state index >= 15 is 0 Å². The summed E-state index contributed by atoms with van der Waals surface area (Å²) in [6.45, 7) is 34.5. The van der Waals surface area contributed by atoms with Crippen LogP contribution < -0.4 is 0 Å². The Morgan fingerprint density at radius 1 is 0.722 bits per heavy atom. The molecule has 0 spiro atoms. The fourth-order valence-electron chi connectivity index (χ4n) is 4.54. The van der Waals surface area contributed by atoms with Crippen molar-refractivity contribution in [1.82, 2.24) is 0 Å². The lowest BCUT2D eigenvalue weighted by Gasteiger charge is -2.40. The highest BCUT2D eigenvalue weighted by atomic mass is 16.6. The molecule has 1 aromatic rings. The summed E-state index contributed by atoms with van der Waals surface area (Å²) in [4.78, 5) is 34.9. The molecule has 2 saturated heterocycles. The zero-order valence-corrected chi connectivity index (χ0v) is 37.4. The molecular weight excluding hydrogens is 680 g/mol. The number of epoxide rings is 1. The molecule has 0 amide bonds. The number of carbonyl (C=O) groups is 3. The molecule has 2 atom stereocenters. The molecule has 2 aliphatic heterocycles. The quantitative estimate of drug-likeness (QED) is 0.0780. The summed E-state index contributed by atoms with van der Waals surface area (Å²) in [5, 5.41) is 0. The minimum Gasteiger partial charge on any atom is -0.465 e. The summed E-state index contributed by atoms with van der Waals surface area (Å²) >= 11 is 0. The van der Waals surface area contributed by atoms with E-state index in [9.17, 15) is 14.4 Å². The van der Waals surface area contributed by atoms with E-state index in [-0.39, 0.29) is 45.7 Å². The van der Waals surface area contributed by atoms with Gasteiger partial charge in [-0.25, -0.2) is 0 Å². The number of ether oxygens (including phenoxy) is 5. The zero-order valence-electron chi connectivity index (χ0n) is 37.4. The van der Waals surface area contributed by atoms with Crippen LogP contribution in [-0.4, -0.2) is 63.7 Å². The molecule has 0 aromatic heterocycles. The molecule has 8 nitrogen and oxygen atoms in total. The molecule has 314 valence electrons. The van der Waals surface area contributed by atoms with E-state index in [0.29, 0.717) is 31.2 Å². The molecule has 0 N–H and O–H groups in total. The van der Waals surface area contributed by atoms with Gasteiger partial charge in [0.05, 0.1) is 48.1 Å². The first kappa shape index (κ1) is 51.5. The van der Waals surface area contributed by atoms with Gasteiger partial charge in [-0.1, -0.05) is 112 Å². The van der Waals surface area contributed by atoms with Crippen LogP contribution in [-0.2, 0) is 43.5 Å². The van der Waals surface area contributed by atoms with Crippen LogP contribution in [0, 0.1) is 27.6 Å². The second kappa shape index (κ2) is 24.9. The van der Waals surface area contributed by atoms with Gasteiger partial charge in [-0.05, 0) is 97.0 Å². The maximum Gasteiger partial charge on any atom is 0.311 e. The van der Waals surface area contributed by atoms with Crippen LogP contribution in [0.2, 0.25) is 0 Å². The Bertz CT molecular complexity index is 1170. The summed E-state index contributed by atoms with van der Waals surface area (Å²) in [5.41, 5.74) is 0.820. The van der Waals surface area contributed by atoms with Crippen molar-refractivity contribution in [3.63, 3.8) is 0 Å². The minimum absolute atomic E-state index is 0.0510. The van der Waals surface area contributed by atoms with Crippen LogP contribution in [0.25, 0.3) is 0 Å². The SMILES string of the molecule is CCC(C)(C)C(=O)OCC1CO1.CCC(C)(C)c1ccccc1.CCC1(COC(=O)C(C)(C)CC)COC1.CCCCC(CC)COC(=O)C(C)(C)CC. The summed E-state index contributed by atoms with van der Waals surface area (Å²) in [6.07, 6.45) is 9.52. The van der Waals surface area contributed by atoms with Gasteiger partial charge < -0.3 is 23.7 Å². The summed E-state index contributed by atoms with van der Waals surface area (Å²) in [7, 11) is 0. The van der Waals surface area contributed by atoms with Gasteiger partial charge in [0.1, 0.15) is 19.3 Å². The van der Waals surface area contributed by atoms with E-state index in [0.717, 1.165) is 51.9 Å². The van der Waals surface area contributed by atoms with Crippen molar-refractivity contribution in [1.29, 1.82) is 0 Å². The highest BCUT2D eigenvalue weighted by Crippen LogP contribution is 2.33. The van der Waals surface area contributed by atoms with E-state index < -0.39 is 0 Å². The molecule has 0 bridgehead atoms. The van der Waals surface area contributed by atoms with Gasteiger partial charge in [0, 0.05) is 0 Å². The lowest BCUT2D eigenvalue weighted by molar-refractivity contribution is -0.178. The average molecular weight is 763 g/mol. The third-order valence-electron chi connectivity index (χ3n) is 11.6. The maximum absolute atomic E-state index is 11.8. The number of unbranched alkanes of at least 4 members (excludes halogenated alkanes) is 1. The molecule has 2 aliphatic rings. The van der Waals surface area contributed by atoms with Crippen molar-refractivity contribution in [2.75, 3.05) is 39.6 Å². The van der Waals surface area contributed by atoms with Gasteiger partial charge >= 0.3 is 17.9 Å². The van der Waals surface area contributed by atoms with Crippen LogP contribution >= 0.6 is 0 Å². The molecule has 0 radical (unpaired) electrons. The lowest BCUT2D eigenvalue weighted by atomic mass is 9.82. The molecule has 1 aromatic carbocycles. The van der Waals surface area contributed by atoms with Crippen molar-refractivity contribution in [3.05, 3.63) is 35.9 Å². The zero-order chi connectivity index (χ0) is 41.6. The van der Waals surface area contributed by atoms with Crippen LogP contribution in [0.15, 0.2) is 30.3 Å². The van der Waals surface area contributed by atoms with Crippen molar-refractivity contribution in [2.45, 2.75) is 173 Å². The standard InChI is InChI=1S/C14H28O2.C12H22O3.C11H16.C9H16O3/c1-6-9-10-12(7-2)11-16-13(15)14(4,5)8-3;1-5-11(3,4)10(13)15-9-12(6-2)7-14-8-12;1-4-11(2,3)10-8-6-5-7-9-10;1-4-9(2,3)8(10)12-6-7-5-11-7/h12H,6-11H2,1-5H3;5-9H2,1-4H3;5-9H,4H2,1-3H3;7H,4-6H2,1-3H3. The smallest absolute Gasteiger partial charge is 0.311 e. The van der Waals surface area contributed by atoms with E-state index in [1.165, 1.54) is 31.2 Å². The average Bonchev–Trinajstić information content (AvgIpc) is 3.99. The molecule has 0 saturated carbocycles. The monoisotopic (exact) mass is 763 g/mol. The molecule has 2 unspecified atom stereocenters. The van der Waals surface area contributed by atoms with E-state index in [1.807, 2.05) is 62.3 Å². The number of rotatable bonds is 19. The second-order valence-electron chi connectivity index (χ2n) is 17.8. The molecule has 54 heavy (non-hydrogen) atoms. The fraction of sp³-hybridized carbons (Fsp3) is 0.804. The molecule has 2 fully saturated rings. The van der Waals surface area contributed by atoms with Crippen LogP contribution in [0.4, 0.5) is 0 Å². The maximum atomic E-state index is 11.8. The largest absolute Gasteiger partial charge is 0.465 e. The van der Waals surface area contributed by atoms with Crippen molar-refractivity contribution < 1.29 is 38.1 Å². The highest BCUT2D eigenvalue weighted by Gasteiger charge is 2.39. The van der Waals surface area contributed by atoms with Crippen LogP contribution in [0.5, 0.6) is 0 Å². The lowest BCUT2D eigenvalue weighted by Crippen LogP contribution is -2.47. The Morgan fingerprint density at radius 2 is 1.20 bits per heavy atom. The third kappa shape index (κ3) is 19.4. The van der Waals surface area contributed by atoms with E-state index in [1.54, 1.807) is 0 Å². The van der Waals surface area contributed by atoms with Crippen molar-refractivity contribution in [2.24, 2.45) is 27.6 Å². The van der Waals surface area contributed by atoms with Gasteiger partial charge in [-0.3, -0.25) is 14.4 Å². The molecule has 8 heteroatoms. The van der Waals surface area contributed by atoms with Crippen LogP contribution in [0.3, 0.4) is 0 Å². The van der Waals surface area contributed by atoms with Crippen molar-refractivity contribution >= 4 is 17.9 Å². The Labute approximate surface area is 331 Å². The van der Waals surface area contributed by atoms with Crippen LogP contribution in [0.1, 0.15) is 167 Å². The predicted octanol–water partition coefficient (Wildman–Crippen LogP) is 11.3. The number of hydrogen-bond donors (Lipinski definition) is 0. The molecule has 3 rings (SSSR count). The van der Waals surface area contributed by atoms with Gasteiger partial charge in [-0.2, -0.15) is 0 Å². The van der Waals surface area contributed by atoms with Gasteiger partial charge in [0.2, 0.25) is 0 Å². The minimum atomic E-state index is -0.362. The predicted molar refractivity (Wildman–Crippen MR) is 221 cm³/mol. The first-order valence-corrected chi connectivity index (χ1v) is 20.9. The summed E-state index contributed by atoms with van der Waals surface area (Å²) < 4.78 is 26.0. The first-order chi connectivity index (χ1) is 25.2. The Balaban J connectivity index is 0.000000700. The van der Waals surface area contributed by atoms with Gasteiger partial charge in [0.15, 0.2) is 0 Å². The second-order valence-corrected chi connectivity index (χ2v) is 17.8. The number of carbonyl (C=O) groups excluding carboxylic acids is 3. The first-order valence-electron chi connectivity index (χ1n) is 20.9. The summed E-state index contributed by atoms with van der Waals surface area (Å²) in [6, 6.07) is 10.7. The van der Waals surface area contributed by atoms with E-state index in [4.69, 9.17) is 23.7 Å². The fourth-order valence-corrected chi connectivity index (χ4v) is 4.54.